The molecule has 0 saturated heterocycles. The zero-order valence-electron chi connectivity index (χ0n) is 7.07. The molecular formula is C10H14O2. The van der Waals surface area contributed by atoms with Crippen LogP contribution in [0.3, 0.4) is 0 Å². The SMILES string of the molecule is C=CC(C(=O)O)C1C=CCCC1. The molecule has 0 aromatic rings. The van der Waals surface area contributed by atoms with Gasteiger partial charge < -0.3 is 5.11 Å². The third-order valence-electron chi connectivity index (χ3n) is 2.29. The van der Waals surface area contributed by atoms with Crippen molar-refractivity contribution < 1.29 is 9.90 Å². The van der Waals surface area contributed by atoms with Gasteiger partial charge in [-0.2, -0.15) is 0 Å². The molecule has 2 unspecified atom stereocenters. The molecule has 2 nitrogen and oxygen atoms in total. The van der Waals surface area contributed by atoms with Crippen molar-refractivity contribution in [3.8, 4) is 0 Å². The minimum Gasteiger partial charge on any atom is -0.481 e. The van der Waals surface area contributed by atoms with E-state index in [4.69, 9.17) is 5.11 Å². The van der Waals surface area contributed by atoms with Crippen molar-refractivity contribution in [1.82, 2.24) is 0 Å². The van der Waals surface area contributed by atoms with Crippen molar-refractivity contribution >= 4 is 5.97 Å². The van der Waals surface area contributed by atoms with E-state index in [1.807, 2.05) is 6.08 Å². The summed E-state index contributed by atoms with van der Waals surface area (Å²) >= 11 is 0. The fraction of sp³-hybridized carbons (Fsp3) is 0.500. The molecule has 2 heteroatoms. The van der Waals surface area contributed by atoms with E-state index in [0.29, 0.717) is 0 Å². The Balaban J connectivity index is 2.64. The number of carboxylic acid groups (broad SMARTS) is 1. The second kappa shape index (κ2) is 4.10. The Hall–Kier alpha value is -1.05. The molecule has 2 atom stereocenters. The first-order valence-electron chi connectivity index (χ1n) is 4.27. The standard InChI is InChI=1S/C10H14O2/c1-2-9(10(11)12)8-6-4-3-5-7-8/h2,4,6,8-9H,1,3,5,7H2,(H,11,12). The van der Waals surface area contributed by atoms with E-state index < -0.39 is 11.9 Å². The average molecular weight is 166 g/mol. The monoisotopic (exact) mass is 166 g/mol. The summed E-state index contributed by atoms with van der Waals surface area (Å²) < 4.78 is 0. The van der Waals surface area contributed by atoms with Gasteiger partial charge in [-0.25, -0.2) is 0 Å². The van der Waals surface area contributed by atoms with Crippen molar-refractivity contribution in [2.24, 2.45) is 11.8 Å². The van der Waals surface area contributed by atoms with E-state index in [2.05, 4.69) is 12.7 Å². The highest BCUT2D eigenvalue weighted by atomic mass is 16.4. The molecular weight excluding hydrogens is 152 g/mol. The fourth-order valence-electron chi connectivity index (χ4n) is 1.60. The zero-order valence-corrected chi connectivity index (χ0v) is 7.07. The first-order chi connectivity index (χ1) is 5.75. The summed E-state index contributed by atoms with van der Waals surface area (Å²) in [5.74, 6) is -1.00. The van der Waals surface area contributed by atoms with E-state index >= 15 is 0 Å². The molecule has 0 aromatic heterocycles. The van der Waals surface area contributed by atoms with Gasteiger partial charge in [-0.3, -0.25) is 4.79 Å². The lowest BCUT2D eigenvalue weighted by molar-refractivity contribution is -0.141. The lowest BCUT2D eigenvalue weighted by atomic mass is 9.84. The smallest absolute Gasteiger partial charge is 0.310 e. The summed E-state index contributed by atoms with van der Waals surface area (Å²) in [5, 5.41) is 8.82. The van der Waals surface area contributed by atoms with Crippen molar-refractivity contribution in [2.75, 3.05) is 0 Å². The van der Waals surface area contributed by atoms with Crippen molar-refractivity contribution in [1.29, 1.82) is 0 Å². The molecule has 0 amide bonds. The highest BCUT2D eigenvalue weighted by Crippen LogP contribution is 2.25. The van der Waals surface area contributed by atoms with Gasteiger partial charge >= 0.3 is 5.97 Å². The molecule has 0 radical (unpaired) electrons. The van der Waals surface area contributed by atoms with Crippen LogP contribution in [0.15, 0.2) is 24.8 Å². The van der Waals surface area contributed by atoms with Crippen molar-refractivity contribution in [3.05, 3.63) is 24.8 Å². The number of carbonyl (C=O) groups is 1. The maximum atomic E-state index is 10.7. The Morgan fingerprint density at radius 3 is 2.92 bits per heavy atom. The minimum atomic E-state index is -0.762. The van der Waals surface area contributed by atoms with E-state index in [0.717, 1.165) is 19.3 Å². The van der Waals surface area contributed by atoms with Crippen LogP contribution in [-0.2, 0) is 4.79 Å². The molecule has 0 fully saturated rings. The van der Waals surface area contributed by atoms with Crippen LogP contribution in [0.25, 0.3) is 0 Å². The van der Waals surface area contributed by atoms with Crippen LogP contribution in [0.1, 0.15) is 19.3 Å². The Kier molecular flexibility index (Phi) is 3.09. The van der Waals surface area contributed by atoms with Crippen LogP contribution >= 0.6 is 0 Å². The zero-order chi connectivity index (χ0) is 8.97. The maximum Gasteiger partial charge on any atom is 0.310 e. The summed E-state index contributed by atoms with van der Waals surface area (Å²) in [6.45, 7) is 3.54. The number of carboxylic acids is 1. The summed E-state index contributed by atoms with van der Waals surface area (Å²) in [6.07, 6.45) is 8.75. The Morgan fingerprint density at radius 2 is 2.50 bits per heavy atom. The Labute approximate surface area is 72.6 Å². The molecule has 1 N–H and O–H groups in total. The predicted molar refractivity (Wildman–Crippen MR) is 47.8 cm³/mol. The van der Waals surface area contributed by atoms with E-state index in [-0.39, 0.29) is 5.92 Å². The topological polar surface area (TPSA) is 37.3 Å². The summed E-state index contributed by atoms with van der Waals surface area (Å²) in [7, 11) is 0. The van der Waals surface area contributed by atoms with Crippen LogP contribution in [0.2, 0.25) is 0 Å². The molecule has 1 rings (SSSR count). The van der Waals surface area contributed by atoms with Gasteiger partial charge in [0.2, 0.25) is 0 Å². The predicted octanol–water partition coefficient (Wildman–Crippen LogP) is 2.23. The molecule has 1 aliphatic carbocycles. The van der Waals surface area contributed by atoms with Gasteiger partial charge in [-0.15, -0.1) is 6.58 Å². The summed E-state index contributed by atoms with van der Waals surface area (Å²) in [5.41, 5.74) is 0. The van der Waals surface area contributed by atoms with Crippen LogP contribution in [0.5, 0.6) is 0 Å². The van der Waals surface area contributed by atoms with Crippen LogP contribution in [0, 0.1) is 11.8 Å². The molecule has 0 bridgehead atoms. The van der Waals surface area contributed by atoms with Crippen molar-refractivity contribution in [3.63, 3.8) is 0 Å². The number of allylic oxidation sites excluding steroid dienone is 2. The van der Waals surface area contributed by atoms with Gasteiger partial charge in [0.15, 0.2) is 0 Å². The molecule has 0 saturated carbocycles. The van der Waals surface area contributed by atoms with E-state index in [1.54, 1.807) is 0 Å². The van der Waals surface area contributed by atoms with Gasteiger partial charge in [0.25, 0.3) is 0 Å². The molecule has 0 spiro atoms. The lowest BCUT2D eigenvalue weighted by Crippen LogP contribution is -2.21. The second-order valence-electron chi connectivity index (χ2n) is 3.12. The van der Waals surface area contributed by atoms with Gasteiger partial charge in [0.05, 0.1) is 5.92 Å². The summed E-state index contributed by atoms with van der Waals surface area (Å²) in [4.78, 5) is 10.7. The number of hydrogen-bond acceptors (Lipinski definition) is 1. The lowest BCUT2D eigenvalue weighted by Gasteiger charge is -2.20. The summed E-state index contributed by atoms with van der Waals surface area (Å²) in [6, 6.07) is 0. The van der Waals surface area contributed by atoms with Crippen LogP contribution in [0.4, 0.5) is 0 Å². The number of rotatable bonds is 3. The van der Waals surface area contributed by atoms with Crippen molar-refractivity contribution in [2.45, 2.75) is 19.3 Å². The number of hydrogen-bond donors (Lipinski definition) is 1. The van der Waals surface area contributed by atoms with Gasteiger partial charge in [0, 0.05) is 0 Å². The second-order valence-corrected chi connectivity index (χ2v) is 3.12. The average Bonchev–Trinajstić information content (AvgIpc) is 2.07. The van der Waals surface area contributed by atoms with E-state index in [9.17, 15) is 4.79 Å². The first kappa shape index (κ1) is 9.04. The molecule has 0 aromatic carbocycles. The highest BCUT2D eigenvalue weighted by Gasteiger charge is 2.23. The highest BCUT2D eigenvalue weighted by molar-refractivity contribution is 5.72. The molecule has 0 heterocycles. The Morgan fingerprint density at radius 1 is 1.75 bits per heavy atom. The van der Waals surface area contributed by atoms with Crippen LogP contribution < -0.4 is 0 Å². The Bertz CT molecular complexity index is 206. The van der Waals surface area contributed by atoms with E-state index in [1.165, 1.54) is 6.08 Å². The van der Waals surface area contributed by atoms with Gasteiger partial charge in [0.1, 0.15) is 0 Å². The third-order valence-corrected chi connectivity index (χ3v) is 2.29. The number of aliphatic carboxylic acids is 1. The first-order valence-corrected chi connectivity index (χ1v) is 4.27. The maximum absolute atomic E-state index is 10.7. The molecule has 1 aliphatic rings. The molecule has 66 valence electrons. The molecule has 0 aliphatic heterocycles. The largest absolute Gasteiger partial charge is 0.481 e. The minimum absolute atomic E-state index is 0.161. The third kappa shape index (κ3) is 1.97. The van der Waals surface area contributed by atoms with Gasteiger partial charge in [-0.1, -0.05) is 18.2 Å². The molecule has 12 heavy (non-hydrogen) atoms. The normalized spacial score (nSPS) is 24.8. The van der Waals surface area contributed by atoms with Crippen LogP contribution in [-0.4, -0.2) is 11.1 Å². The quantitative estimate of drug-likeness (QED) is 0.653. The fourth-order valence-corrected chi connectivity index (χ4v) is 1.60. The van der Waals surface area contributed by atoms with Gasteiger partial charge in [-0.05, 0) is 25.2 Å².